The molecular weight excluding hydrogens is 335 g/mol. The Kier molecular flexibility index (Phi) is 4.65. The zero-order chi connectivity index (χ0) is 17.1. The quantitative estimate of drug-likeness (QED) is 0.528. The molecule has 1 aromatic carbocycles. The molecule has 0 bridgehead atoms. The number of halogens is 1. The minimum absolute atomic E-state index is 0.0884. The second kappa shape index (κ2) is 6.87. The summed E-state index contributed by atoms with van der Waals surface area (Å²) in [6, 6.07) is 9.12. The second-order valence-electron chi connectivity index (χ2n) is 4.94. The van der Waals surface area contributed by atoms with Crippen molar-refractivity contribution in [1.29, 1.82) is 0 Å². The molecule has 0 amide bonds. The maximum absolute atomic E-state index is 13.8. The van der Waals surface area contributed by atoms with Crippen molar-refractivity contribution in [3.05, 3.63) is 64.3 Å². The second-order valence-corrected chi connectivity index (χ2v) is 5.73. The van der Waals surface area contributed by atoms with Crippen LogP contribution in [0.2, 0.25) is 0 Å². The van der Waals surface area contributed by atoms with E-state index >= 15 is 0 Å². The highest BCUT2D eigenvalue weighted by molar-refractivity contribution is 7.77. The summed E-state index contributed by atoms with van der Waals surface area (Å²) in [6.45, 7) is -0.0884. The van der Waals surface area contributed by atoms with E-state index in [1.165, 1.54) is 18.2 Å². The van der Waals surface area contributed by atoms with Gasteiger partial charge in [-0.05, 0) is 30.3 Å². The van der Waals surface area contributed by atoms with Gasteiger partial charge in [0.25, 0.3) is 0 Å². The van der Waals surface area contributed by atoms with Crippen LogP contribution >= 0.6 is 0 Å². The summed E-state index contributed by atoms with van der Waals surface area (Å²) in [4.78, 5) is 18.1. The number of pyridine rings is 2. The van der Waals surface area contributed by atoms with Crippen LogP contribution in [0.1, 0.15) is 5.56 Å². The van der Waals surface area contributed by atoms with E-state index in [1.54, 1.807) is 24.4 Å². The van der Waals surface area contributed by atoms with Gasteiger partial charge >= 0.3 is 0 Å². The monoisotopic (exact) mass is 348 g/mol. The van der Waals surface area contributed by atoms with Crippen molar-refractivity contribution in [2.24, 2.45) is 0 Å². The lowest BCUT2D eigenvalue weighted by molar-refractivity contribution is 0.545. The number of anilines is 2. The van der Waals surface area contributed by atoms with Crippen LogP contribution < -0.4 is 15.6 Å². The first kappa shape index (κ1) is 16.2. The van der Waals surface area contributed by atoms with Crippen LogP contribution in [-0.4, -0.2) is 18.7 Å². The number of nitrogens with one attached hydrogen (secondary N) is 3. The third kappa shape index (κ3) is 3.65. The van der Waals surface area contributed by atoms with Crippen molar-refractivity contribution in [2.45, 2.75) is 6.54 Å². The van der Waals surface area contributed by atoms with Crippen LogP contribution in [0.5, 0.6) is 0 Å². The van der Waals surface area contributed by atoms with Gasteiger partial charge in [-0.1, -0.05) is 0 Å². The molecule has 7 nitrogen and oxygen atoms in total. The summed E-state index contributed by atoms with van der Waals surface area (Å²) in [5.41, 5.74) is 1.71. The Balaban J connectivity index is 1.92. The molecule has 0 saturated heterocycles. The number of hydrogen-bond acceptors (Lipinski definition) is 4. The highest BCUT2D eigenvalue weighted by Crippen LogP contribution is 2.24. The Bertz CT molecular complexity index is 976. The summed E-state index contributed by atoms with van der Waals surface area (Å²) >= 11 is -2.22. The third-order valence-corrected chi connectivity index (χ3v) is 3.74. The smallest absolute Gasteiger partial charge is 0.249 e. The Morgan fingerprint density at radius 2 is 2.08 bits per heavy atom. The lowest BCUT2D eigenvalue weighted by Crippen LogP contribution is -2.16. The van der Waals surface area contributed by atoms with E-state index < -0.39 is 17.1 Å². The molecule has 9 heteroatoms. The van der Waals surface area contributed by atoms with E-state index in [2.05, 4.69) is 20.0 Å². The lowest BCUT2D eigenvalue weighted by Gasteiger charge is -2.11. The molecule has 124 valence electrons. The molecule has 4 N–H and O–H groups in total. The van der Waals surface area contributed by atoms with Crippen molar-refractivity contribution in [2.75, 3.05) is 5.32 Å². The van der Waals surface area contributed by atoms with E-state index in [4.69, 9.17) is 4.55 Å². The molecule has 1 atom stereocenters. The predicted octanol–water partition coefficient (Wildman–Crippen LogP) is 2.03. The van der Waals surface area contributed by atoms with Crippen molar-refractivity contribution in [3.63, 3.8) is 0 Å². The van der Waals surface area contributed by atoms with E-state index in [1.807, 2.05) is 0 Å². The molecular formula is C15H13FN4O3S. The maximum Gasteiger partial charge on any atom is 0.249 e. The van der Waals surface area contributed by atoms with Gasteiger partial charge in [-0.2, -0.15) is 0 Å². The summed E-state index contributed by atoms with van der Waals surface area (Å²) in [7, 11) is 0. The molecule has 0 aliphatic rings. The van der Waals surface area contributed by atoms with Gasteiger partial charge in [0.15, 0.2) is 0 Å². The minimum atomic E-state index is -2.22. The molecule has 24 heavy (non-hydrogen) atoms. The molecule has 0 spiro atoms. The van der Waals surface area contributed by atoms with Crippen LogP contribution in [0.4, 0.5) is 15.8 Å². The van der Waals surface area contributed by atoms with Crippen LogP contribution in [0.15, 0.2) is 47.4 Å². The van der Waals surface area contributed by atoms with E-state index in [0.29, 0.717) is 22.4 Å². The Morgan fingerprint density at radius 1 is 1.25 bits per heavy atom. The molecule has 2 heterocycles. The molecule has 3 aromatic rings. The maximum atomic E-state index is 13.8. The summed E-state index contributed by atoms with van der Waals surface area (Å²) in [6.07, 6.45) is 1.54. The molecule has 0 radical (unpaired) electrons. The number of benzene rings is 1. The summed E-state index contributed by atoms with van der Waals surface area (Å²) in [5.74, 6) is -0.484. The fourth-order valence-electron chi connectivity index (χ4n) is 2.25. The van der Waals surface area contributed by atoms with Crippen molar-refractivity contribution < 1.29 is 13.2 Å². The number of rotatable bonds is 5. The Labute approximate surface area is 138 Å². The van der Waals surface area contributed by atoms with Crippen LogP contribution in [0, 0.1) is 5.82 Å². The molecule has 1 unspecified atom stereocenters. The van der Waals surface area contributed by atoms with E-state index in [0.717, 1.165) is 0 Å². The molecule has 0 saturated carbocycles. The third-order valence-electron chi connectivity index (χ3n) is 3.34. The van der Waals surface area contributed by atoms with Crippen molar-refractivity contribution >= 4 is 33.7 Å². The van der Waals surface area contributed by atoms with Gasteiger partial charge in [0.2, 0.25) is 16.8 Å². The topological polar surface area (TPSA) is 107 Å². The highest BCUT2D eigenvalue weighted by Gasteiger charge is 2.07. The normalized spacial score (nSPS) is 12.2. The van der Waals surface area contributed by atoms with Gasteiger partial charge in [-0.3, -0.25) is 9.35 Å². The SMILES string of the molecule is O=c1ccc2c(Nc3ccc(F)c(CNS(=O)O)c3)ccnc2[nH]1. The molecule has 0 aliphatic heterocycles. The fourth-order valence-corrected chi connectivity index (χ4v) is 2.53. The van der Waals surface area contributed by atoms with Gasteiger partial charge in [-0.15, -0.1) is 0 Å². The van der Waals surface area contributed by atoms with Crippen LogP contribution in [0.25, 0.3) is 11.0 Å². The van der Waals surface area contributed by atoms with Gasteiger partial charge in [0, 0.05) is 35.4 Å². The number of hydrogen-bond donors (Lipinski definition) is 4. The first-order valence-corrected chi connectivity index (χ1v) is 8.01. The highest BCUT2D eigenvalue weighted by atomic mass is 32.2. The summed E-state index contributed by atoms with van der Waals surface area (Å²) in [5, 5.41) is 3.83. The Morgan fingerprint density at radius 3 is 2.88 bits per heavy atom. The average Bonchev–Trinajstić information content (AvgIpc) is 2.55. The van der Waals surface area contributed by atoms with Gasteiger partial charge in [0.05, 0.1) is 5.69 Å². The molecule has 2 aromatic heterocycles. The first-order valence-electron chi connectivity index (χ1n) is 6.91. The number of nitrogens with zero attached hydrogens (tertiary/aromatic N) is 1. The van der Waals surface area contributed by atoms with Crippen LogP contribution in [0.3, 0.4) is 0 Å². The minimum Gasteiger partial charge on any atom is -0.355 e. The fraction of sp³-hybridized carbons (Fsp3) is 0.0667. The van der Waals surface area contributed by atoms with E-state index in [9.17, 15) is 13.4 Å². The van der Waals surface area contributed by atoms with Gasteiger partial charge in [0.1, 0.15) is 11.5 Å². The van der Waals surface area contributed by atoms with Crippen LogP contribution in [-0.2, 0) is 17.8 Å². The first-order chi connectivity index (χ1) is 11.5. The largest absolute Gasteiger partial charge is 0.355 e. The zero-order valence-corrected chi connectivity index (χ0v) is 13.1. The standard InChI is InChI=1S/C15H13FN4O3S/c16-12-3-1-10(7-9(12)8-18-24(22)23)19-13-5-6-17-15-11(13)2-4-14(21)20-15/h1-7,18H,8H2,(H,22,23)(H2,17,19,20,21). The van der Waals surface area contributed by atoms with Crippen molar-refractivity contribution in [1.82, 2.24) is 14.7 Å². The van der Waals surface area contributed by atoms with Gasteiger partial charge < -0.3 is 10.3 Å². The number of aromatic amines is 1. The predicted molar refractivity (Wildman–Crippen MR) is 89.7 cm³/mol. The van der Waals surface area contributed by atoms with Crippen molar-refractivity contribution in [3.8, 4) is 0 Å². The number of aromatic nitrogens is 2. The van der Waals surface area contributed by atoms with Gasteiger partial charge in [-0.25, -0.2) is 18.3 Å². The summed E-state index contributed by atoms with van der Waals surface area (Å²) < 4.78 is 35.4. The molecule has 0 fully saturated rings. The average molecular weight is 348 g/mol. The zero-order valence-electron chi connectivity index (χ0n) is 12.2. The number of fused-ring (bicyclic) bond motifs is 1. The Hall–Kier alpha value is -2.62. The molecule has 0 aliphatic carbocycles. The molecule has 3 rings (SSSR count). The van der Waals surface area contributed by atoms with E-state index in [-0.39, 0.29) is 17.7 Å². The number of H-pyrrole nitrogens is 1. The lowest BCUT2D eigenvalue weighted by atomic mass is 10.1.